The topological polar surface area (TPSA) is 75.4 Å². The number of rotatable bonds is 6. The van der Waals surface area contributed by atoms with Crippen LogP contribution in [0.3, 0.4) is 0 Å². The minimum atomic E-state index is -3.51. The Labute approximate surface area is 115 Å². The molecule has 0 radical (unpaired) electrons. The average molecular weight is 285 g/mol. The van der Waals surface area contributed by atoms with Crippen LogP contribution in [0.2, 0.25) is 0 Å². The van der Waals surface area contributed by atoms with Gasteiger partial charge in [0.05, 0.1) is 11.4 Å². The predicted octanol–water partition coefficient (Wildman–Crippen LogP) is 2.12. The summed E-state index contributed by atoms with van der Waals surface area (Å²) in [7, 11) is -0.519. The van der Waals surface area contributed by atoms with Crippen molar-refractivity contribution in [3.8, 4) is 0 Å². The van der Waals surface area contributed by atoms with Crippen molar-refractivity contribution in [3.05, 3.63) is 18.2 Å². The molecule has 0 aliphatic carbocycles. The highest BCUT2D eigenvalue weighted by Gasteiger charge is 2.22. The van der Waals surface area contributed by atoms with Gasteiger partial charge in [0.2, 0.25) is 10.0 Å². The number of nitrogens with zero attached hydrogens (tertiary/aromatic N) is 1. The summed E-state index contributed by atoms with van der Waals surface area (Å²) in [5.41, 5.74) is 6.95. The fourth-order valence-electron chi connectivity index (χ4n) is 1.80. The molecule has 0 atom stereocenters. The smallest absolute Gasteiger partial charge is 0.244 e. The highest BCUT2D eigenvalue weighted by atomic mass is 32.2. The standard InChI is InChI=1S/C13H23N3O2S/c1-5-10(6-2)15-11-8-7-9-12(13(11)14)19(17,18)16(3)4/h7-10,15H,5-6,14H2,1-4H3. The highest BCUT2D eigenvalue weighted by Crippen LogP contribution is 2.29. The number of nitrogens with one attached hydrogen (secondary N) is 1. The molecule has 0 saturated carbocycles. The van der Waals surface area contributed by atoms with E-state index in [1.54, 1.807) is 6.07 Å². The summed E-state index contributed by atoms with van der Waals surface area (Å²) in [6, 6.07) is 5.34. The van der Waals surface area contributed by atoms with E-state index in [1.807, 2.05) is 6.07 Å². The number of hydrogen-bond donors (Lipinski definition) is 2. The number of para-hydroxylation sites is 1. The van der Waals surface area contributed by atoms with Gasteiger partial charge in [-0.3, -0.25) is 0 Å². The van der Waals surface area contributed by atoms with Crippen LogP contribution in [0.4, 0.5) is 11.4 Å². The predicted molar refractivity (Wildman–Crippen MR) is 79.7 cm³/mol. The first kappa shape index (κ1) is 15.8. The van der Waals surface area contributed by atoms with E-state index in [9.17, 15) is 8.42 Å². The summed E-state index contributed by atoms with van der Waals surface area (Å²) in [6.45, 7) is 4.16. The Balaban J connectivity index is 3.19. The van der Waals surface area contributed by atoms with Gasteiger partial charge in [-0.25, -0.2) is 12.7 Å². The molecule has 0 bridgehead atoms. The molecule has 0 unspecified atom stereocenters. The molecule has 0 aromatic heterocycles. The number of sulfonamides is 1. The van der Waals surface area contributed by atoms with Crippen LogP contribution in [-0.2, 0) is 10.0 Å². The van der Waals surface area contributed by atoms with Gasteiger partial charge in [-0.05, 0) is 25.0 Å². The second kappa shape index (κ2) is 6.25. The van der Waals surface area contributed by atoms with Crippen LogP contribution in [0.25, 0.3) is 0 Å². The zero-order valence-electron chi connectivity index (χ0n) is 12.0. The Bertz CT molecular complexity index is 523. The number of nitrogen functional groups attached to an aromatic ring is 1. The molecule has 0 aliphatic heterocycles. The van der Waals surface area contributed by atoms with Crippen LogP contribution in [0.15, 0.2) is 23.1 Å². The van der Waals surface area contributed by atoms with Gasteiger partial charge in [-0.1, -0.05) is 19.9 Å². The highest BCUT2D eigenvalue weighted by molar-refractivity contribution is 7.89. The second-order valence-electron chi connectivity index (χ2n) is 4.66. The van der Waals surface area contributed by atoms with Crippen molar-refractivity contribution in [2.75, 3.05) is 25.1 Å². The lowest BCUT2D eigenvalue weighted by Crippen LogP contribution is -2.24. The van der Waals surface area contributed by atoms with Crippen LogP contribution in [-0.4, -0.2) is 32.9 Å². The van der Waals surface area contributed by atoms with E-state index >= 15 is 0 Å². The molecular formula is C13H23N3O2S. The van der Waals surface area contributed by atoms with Crippen molar-refractivity contribution in [2.24, 2.45) is 0 Å². The van der Waals surface area contributed by atoms with Gasteiger partial charge in [0.25, 0.3) is 0 Å². The molecule has 5 nitrogen and oxygen atoms in total. The quantitative estimate of drug-likeness (QED) is 0.785. The Hall–Kier alpha value is -1.27. The van der Waals surface area contributed by atoms with E-state index in [2.05, 4.69) is 19.2 Å². The molecule has 0 aliphatic rings. The minimum absolute atomic E-state index is 0.147. The average Bonchev–Trinajstić information content (AvgIpc) is 2.37. The number of anilines is 2. The number of benzene rings is 1. The minimum Gasteiger partial charge on any atom is -0.396 e. The van der Waals surface area contributed by atoms with Crippen LogP contribution in [0.5, 0.6) is 0 Å². The van der Waals surface area contributed by atoms with E-state index in [1.165, 1.54) is 24.5 Å². The van der Waals surface area contributed by atoms with Crippen LogP contribution >= 0.6 is 0 Å². The Kier molecular flexibility index (Phi) is 5.20. The van der Waals surface area contributed by atoms with Crippen molar-refractivity contribution >= 4 is 21.4 Å². The normalized spacial score (nSPS) is 12.1. The van der Waals surface area contributed by atoms with Crippen LogP contribution in [0, 0.1) is 0 Å². The first-order valence-corrected chi connectivity index (χ1v) is 7.86. The van der Waals surface area contributed by atoms with Crippen molar-refractivity contribution in [3.63, 3.8) is 0 Å². The van der Waals surface area contributed by atoms with Crippen LogP contribution < -0.4 is 11.1 Å². The molecule has 108 valence electrons. The first-order chi connectivity index (χ1) is 8.84. The summed E-state index contributed by atoms with van der Waals surface area (Å²) in [5.74, 6) is 0. The van der Waals surface area contributed by atoms with Gasteiger partial charge in [-0.2, -0.15) is 0 Å². The van der Waals surface area contributed by atoms with Crippen molar-refractivity contribution < 1.29 is 8.42 Å². The number of nitrogens with two attached hydrogens (primary N) is 1. The van der Waals surface area contributed by atoms with Gasteiger partial charge in [-0.15, -0.1) is 0 Å². The molecule has 0 saturated heterocycles. The zero-order chi connectivity index (χ0) is 14.6. The Morgan fingerprint density at radius 3 is 2.32 bits per heavy atom. The lowest BCUT2D eigenvalue weighted by molar-refractivity contribution is 0.521. The summed E-state index contributed by atoms with van der Waals surface area (Å²) in [5, 5.41) is 3.29. The lowest BCUT2D eigenvalue weighted by atomic mass is 10.1. The molecule has 0 fully saturated rings. The molecule has 1 aromatic rings. The molecule has 1 rings (SSSR count). The number of hydrogen-bond acceptors (Lipinski definition) is 4. The lowest BCUT2D eigenvalue weighted by Gasteiger charge is -2.20. The van der Waals surface area contributed by atoms with Gasteiger partial charge >= 0.3 is 0 Å². The SMILES string of the molecule is CCC(CC)Nc1cccc(S(=O)(=O)N(C)C)c1N. The largest absolute Gasteiger partial charge is 0.396 e. The maximum Gasteiger partial charge on any atom is 0.244 e. The molecule has 1 aromatic carbocycles. The summed E-state index contributed by atoms with van der Waals surface area (Å²) < 4.78 is 25.5. The van der Waals surface area contributed by atoms with Crippen molar-refractivity contribution in [1.82, 2.24) is 4.31 Å². The van der Waals surface area contributed by atoms with Gasteiger partial charge in [0.1, 0.15) is 4.90 Å². The maximum absolute atomic E-state index is 12.1. The molecule has 19 heavy (non-hydrogen) atoms. The van der Waals surface area contributed by atoms with Crippen LogP contribution in [0.1, 0.15) is 26.7 Å². The van der Waals surface area contributed by atoms with Gasteiger partial charge in [0.15, 0.2) is 0 Å². The Morgan fingerprint density at radius 1 is 1.26 bits per heavy atom. The van der Waals surface area contributed by atoms with Gasteiger partial charge < -0.3 is 11.1 Å². The molecule has 0 spiro atoms. The third kappa shape index (κ3) is 3.39. The van der Waals surface area contributed by atoms with E-state index in [0.29, 0.717) is 11.7 Å². The van der Waals surface area contributed by atoms with E-state index < -0.39 is 10.0 Å². The maximum atomic E-state index is 12.1. The fraction of sp³-hybridized carbons (Fsp3) is 0.538. The summed E-state index contributed by atoms with van der Waals surface area (Å²) in [4.78, 5) is 0.147. The zero-order valence-corrected chi connectivity index (χ0v) is 12.8. The van der Waals surface area contributed by atoms with E-state index in [4.69, 9.17) is 5.73 Å². The molecular weight excluding hydrogens is 262 g/mol. The van der Waals surface area contributed by atoms with Crippen molar-refractivity contribution in [2.45, 2.75) is 37.6 Å². The molecule has 6 heteroatoms. The molecule has 0 heterocycles. The third-order valence-corrected chi connectivity index (χ3v) is 5.04. The monoisotopic (exact) mass is 285 g/mol. The van der Waals surface area contributed by atoms with E-state index in [0.717, 1.165) is 12.8 Å². The van der Waals surface area contributed by atoms with E-state index in [-0.39, 0.29) is 10.6 Å². The molecule has 0 amide bonds. The second-order valence-corrected chi connectivity index (χ2v) is 6.78. The summed E-state index contributed by atoms with van der Waals surface area (Å²) >= 11 is 0. The third-order valence-electron chi connectivity index (χ3n) is 3.17. The van der Waals surface area contributed by atoms with Gasteiger partial charge in [0, 0.05) is 20.1 Å². The fourth-order valence-corrected chi connectivity index (χ4v) is 2.84. The Morgan fingerprint density at radius 2 is 1.84 bits per heavy atom. The molecule has 3 N–H and O–H groups in total. The van der Waals surface area contributed by atoms with Crippen molar-refractivity contribution in [1.29, 1.82) is 0 Å². The first-order valence-electron chi connectivity index (χ1n) is 6.42. The summed E-state index contributed by atoms with van der Waals surface area (Å²) in [6.07, 6.45) is 1.92.